The SMILES string of the molecule is CC(C(=O)O)N1CCN(c2nc(C(C)(C)C)cs2)CC1. The molecule has 0 bridgehead atoms. The number of aromatic nitrogens is 1. The third-order valence-electron chi connectivity index (χ3n) is 3.75. The lowest BCUT2D eigenvalue weighted by Crippen LogP contribution is -2.51. The van der Waals surface area contributed by atoms with Crippen LogP contribution in [0.2, 0.25) is 0 Å². The Morgan fingerprint density at radius 3 is 2.40 bits per heavy atom. The van der Waals surface area contributed by atoms with Crippen LogP contribution in [0, 0.1) is 0 Å². The minimum atomic E-state index is -0.747. The van der Waals surface area contributed by atoms with E-state index in [0.29, 0.717) is 0 Å². The van der Waals surface area contributed by atoms with Crippen molar-refractivity contribution in [3.8, 4) is 0 Å². The zero-order chi connectivity index (χ0) is 14.9. The van der Waals surface area contributed by atoms with Gasteiger partial charge in [-0.1, -0.05) is 20.8 Å². The number of carbonyl (C=O) groups is 1. The zero-order valence-electron chi connectivity index (χ0n) is 12.6. The number of nitrogens with zero attached hydrogens (tertiary/aromatic N) is 3. The molecule has 0 aromatic carbocycles. The van der Waals surface area contributed by atoms with Crippen molar-refractivity contribution in [3.05, 3.63) is 11.1 Å². The van der Waals surface area contributed by atoms with Gasteiger partial charge < -0.3 is 10.0 Å². The summed E-state index contributed by atoms with van der Waals surface area (Å²) in [6.45, 7) is 11.5. The van der Waals surface area contributed by atoms with Gasteiger partial charge in [-0.05, 0) is 6.92 Å². The number of hydrogen-bond donors (Lipinski definition) is 1. The van der Waals surface area contributed by atoms with Crippen molar-refractivity contribution in [1.82, 2.24) is 9.88 Å². The van der Waals surface area contributed by atoms with E-state index in [0.717, 1.165) is 37.0 Å². The number of carboxylic acid groups (broad SMARTS) is 1. The molecule has 1 aromatic rings. The molecule has 1 aromatic heterocycles. The molecule has 5 nitrogen and oxygen atoms in total. The first-order valence-electron chi connectivity index (χ1n) is 6.97. The molecule has 0 spiro atoms. The van der Waals surface area contributed by atoms with Crippen molar-refractivity contribution in [2.45, 2.75) is 39.2 Å². The molecule has 1 N–H and O–H groups in total. The van der Waals surface area contributed by atoms with Gasteiger partial charge in [0.1, 0.15) is 6.04 Å². The Morgan fingerprint density at radius 2 is 1.95 bits per heavy atom. The van der Waals surface area contributed by atoms with Crippen molar-refractivity contribution in [2.24, 2.45) is 0 Å². The molecule has 1 aliphatic rings. The molecule has 6 heteroatoms. The van der Waals surface area contributed by atoms with Crippen LogP contribution in [-0.4, -0.2) is 53.2 Å². The second-order valence-corrected chi connectivity index (χ2v) is 7.14. The number of anilines is 1. The summed E-state index contributed by atoms with van der Waals surface area (Å²) in [6, 6.07) is -0.404. The van der Waals surface area contributed by atoms with E-state index in [-0.39, 0.29) is 5.41 Å². The summed E-state index contributed by atoms with van der Waals surface area (Å²) in [5.74, 6) is -0.747. The van der Waals surface area contributed by atoms with Crippen molar-refractivity contribution >= 4 is 22.4 Å². The molecular formula is C14H23N3O2S. The molecule has 1 atom stereocenters. The summed E-state index contributed by atoms with van der Waals surface area (Å²) in [4.78, 5) is 20.0. The van der Waals surface area contributed by atoms with E-state index in [1.54, 1.807) is 18.3 Å². The molecule has 0 amide bonds. The Kier molecular flexibility index (Phi) is 4.34. The molecule has 0 aliphatic carbocycles. The van der Waals surface area contributed by atoms with Crippen LogP contribution in [0.1, 0.15) is 33.4 Å². The van der Waals surface area contributed by atoms with Gasteiger partial charge in [0.25, 0.3) is 0 Å². The second-order valence-electron chi connectivity index (χ2n) is 6.30. The van der Waals surface area contributed by atoms with Gasteiger partial charge in [0.05, 0.1) is 5.69 Å². The maximum absolute atomic E-state index is 11.0. The Morgan fingerprint density at radius 1 is 1.35 bits per heavy atom. The van der Waals surface area contributed by atoms with Gasteiger partial charge in [0.2, 0.25) is 0 Å². The maximum Gasteiger partial charge on any atom is 0.320 e. The van der Waals surface area contributed by atoms with E-state index < -0.39 is 12.0 Å². The first-order valence-corrected chi connectivity index (χ1v) is 7.85. The number of aliphatic carboxylic acids is 1. The molecule has 112 valence electrons. The Labute approximate surface area is 124 Å². The molecule has 1 fully saturated rings. The van der Waals surface area contributed by atoms with E-state index in [9.17, 15) is 4.79 Å². The molecule has 1 aliphatic heterocycles. The molecular weight excluding hydrogens is 274 g/mol. The molecule has 0 saturated carbocycles. The number of carboxylic acids is 1. The van der Waals surface area contributed by atoms with E-state index in [4.69, 9.17) is 10.1 Å². The summed E-state index contributed by atoms with van der Waals surface area (Å²) in [5.41, 5.74) is 1.20. The summed E-state index contributed by atoms with van der Waals surface area (Å²) < 4.78 is 0. The number of thiazole rings is 1. The van der Waals surface area contributed by atoms with Crippen molar-refractivity contribution < 1.29 is 9.90 Å². The van der Waals surface area contributed by atoms with E-state index in [1.165, 1.54) is 0 Å². The first-order chi connectivity index (χ1) is 9.29. The quantitative estimate of drug-likeness (QED) is 0.925. The third-order valence-corrected chi connectivity index (χ3v) is 4.65. The molecule has 0 radical (unpaired) electrons. The van der Waals surface area contributed by atoms with Crippen molar-refractivity contribution in [3.63, 3.8) is 0 Å². The Hall–Kier alpha value is -1.14. The van der Waals surface area contributed by atoms with Gasteiger partial charge in [0, 0.05) is 37.0 Å². The maximum atomic E-state index is 11.0. The highest BCUT2D eigenvalue weighted by Crippen LogP contribution is 2.29. The fourth-order valence-electron chi connectivity index (χ4n) is 2.21. The largest absolute Gasteiger partial charge is 0.480 e. The molecule has 20 heavy (non-hydrogen) atoms. The number of rotatable bonds is 3. The first kappa shape index (κ1) is 15.3. The average Bonchev–Trinajstić information content (AvgIpc) is 2.87. The normalized spacial score (nSPS) is 19.1. The fraction of sp³-hybridized carbons (Fsp3) is 0.714. The third kappa shape index (κ3) is 3.30. The number of hydrogen-bond acceptors (Lipinski definition) is 5. The molecule has 2 heterocycles. The molecule has 2 rings (SSSR count). The topological polar surface area (TPSA) is 56.7 Å². The fourth-order valence-corrected chi connectivity index (χ4v) is 3.32. The Bertz CT molecular complexity index is 473. The van der Waals surface area contributed by atoms with Crippen LogP contribution in [0.15, 0.2) is 5.38 Å². The van der Waals surface area contributed by atoms with Gasteiger partial charge >= 0.3 is 5.97 Å². The standard InChI is InChI=1S/C14H23N3O2S/c1-10(12(18)19)16-5-7-17(8-6-16)13-15-11(9-20-13)14(2,3)4/h9-10H,5-8H2,1-4H3,(H,18,19). The highest BCUT2D eigenvalue weighted by molar-refractivity contribution is 7.13. The van der Waals surface area contributed by atoms with Crippen LogP contribution in [0.5, 0.6) is 0 Å². The van der Waals surface area contributed by atoms with E-state index >= 15 is 0 Å². The van der Waals surface area contributed by atoms with Crippen LogP contribution in [-0.2, 0) is 10.2 Å². The van der Waals surface area contributed by atoms with E-state index in [1.807, 2.05) is 4.90 Å². The monoisotopic (exact) mass is 297 g/mol. The zero-order valence-corrected chi connectivity index (χ0v) is 13.4. The molecule has 1 unspecified atom stereocenters. The highest BCUT2D eigenvalue weighted by atomic mass is 32.1. The van der Waals surface area contributed by atoms with Crippen molar-refractivity contribution in [1.29, 1.82) is 0 Å². The van der Waals surface area contributed by atoms with Gasteiger partial charge in [0.15, 0.2) is 5.13 Å². The summed E-state index contributed by atoms with van der Waals surface area (Å²) in [7, 11) is 0. The summed E-state index contributed by atoms with van der Waals surface area (Å²) >= 11 is 1.68. The van der Waals surface area contributed by atoms with Crippen molar-refractivity contribution in [2.75, 3.05) is 31.1 Å². The summed E-state index contributed by atoms with van der Waals surface area (Å²) in [5, 5.41) is 12.2. The van der Waals surface area contributed by atoms with Crippen LogP contribution in [0.3, 0.4) is 0 Å². The van der Waals surface area contributed by atoms with E-state index in [2.05, 4.69) is 31.1 Å². The van der Waals surface area contributed by atoms with Crippen LogP contribution < -0.4 is 4.90 Å². The minimum absolute atomic E-state index is 0.0778. The predicted molar refractivity (Wildman–Crippen MR) is 81.7 cm³/mol. The second kappa shape index (κ2) is 5.69. The summed E-state index contributed by atoms with van der Waals surface area (Å²) in [6.07, 6.45) is 0. The molecule has 1 saturated heterocycles. The lowest BCUT2D eigenvalue weighted by Gasteiger charge is -2.36. The smallest absolute Gasteiger partial charge is 0.320 e. The van der Waals surface area contributed by atoms with Crippen LogP contribution in [0.25, 0.3) is 0 Å². The van der Waals surface area contributed by atoms with Gasteiger partial charge in [-0.15, -0.1) is 11.3 Å². The lowest BCUT2D eigenvalue weighted by atomic mass is 9.93. The minimum Gasteiger partial charge on any atom is -0.480 e. The average molecular weight is 297 g/mol. The van der Waals surface area contributed by atoms with Gasteiger partial charge in [-0.2, -0.15) is 0 Å². The highest BCUT2D eigenvalue weighted by Gasteiger charge is 2.27. The van der Waals surface area contributed by atoms with Gasteiger partial charge in [-0.3, -0.25) is 9.69 Å². The van der Waals surface area contributed by atoms with Crippen LogP contribution >= 0.6 is 11.3 Å². The Balaban J connectivity index is 1.97. The van der Waals surface area contributed by atoms with Gasteiger partial charge in [-0.25, -0.2) is 4.98 Å². The number of piperazine rings is 1. The lowest BCUT2D eigenvalue weighted by molar-refractivity contribution is -0.142. The predicted octanol–water partition coefficient (Wildman–Crippen LogP) is 2.04. The van der Waals surface area contributed by atoms with Crippen LogP contribution in [0.4, 0.5) is 5.13 Å².